The van der Waals surface area contributed by atoms with Crippen LogP contribution in [0.2, 0.25) is 0 Å². The van der Waals surface area contributed by atoms with Gasteiger partial charge in [-0.15, -0.1) is 6.54 Å². The van der Waals surface area contributed by atoms with Crippen molar-refractivity contribution in [2.45, 2.75) is 20.0 Å². The van der Waals surface area contributed by atoms with Crippen LogP contribution in [0.3, 0.4) is 0 Å². The maximum atomic E-state index is 12.6. The second-order valence-electron chi connectivity index (χ2n) is 5.04. The Morgan fingerprint density at radius 3 is 2.54 bits per heavy atom. The van der Waals surface area contributed by atoms with Crippen molar-refractivity contribution in [3.05, 3.63) is 48.4 Å². The summed E-state index contributed by atoms with van der Waals surface area (Å²) >= 11 is 0. The molecule has 0 spiro atoms. The van der Waals surface area contributed by atoms with Crippen LogP contribution in [0.4, 0.5) is 19.0 Å². The van der Waals surface area contributed by atoms with E-state index >= 15 is 0 Å². The van der Waals surface area contributed by atoms with E-state index in [-0.39, 0.29) is 50.8 Å². The summed E-state index contributed by atoms with van der Waals surface area (Å²) in [4.78, 5) is 8.26. The molecule has 1 N–H and O–H groups in total. The summed E-state index contributed by atoms with van der Waals surface area (Å²) < 4.78 is 39.1. The monoisotopic (exact) mass is 409 g/mol. The van der Waals surface area contributed by atoms with Crippen LogP contribution < -0.4 is 5.32 Å². The maximum Gasteiger partial charge on any atom is 0.286 e. The largest absolute Gasteiger partial charge is 0.511 e. The molecule has 0 atom stereocenters. The van der Waals surface area contributed by atoms with E-state index in [0.29, 0.717) is 11.3 Å². The number of alkyl halides is 3. The van der Waals surface area contributed by atoms with Crippen LogP contribution in [0.5, 0.6) is 0 Å². The third-order valence-electron chi connectivity index (χ3n) is 3.39. The van der Waals surface area contributed by atoms with E-state index in [1.807, 2.05) is 31.2 Å². The Bertz CT molecular complexity index is 860. The molecule has 0 saturated heterocycles. The van der Waals surface area contributed by atoms with E-state index in [1.165, 1.54) is 10.8 Å². The van der Waals surface area contributed by atoms with Crippen LogP contribution in [0.15, 0.2) is 30.6 Å². The molecule has 2 heterocycles. The Balaban J connectivity index is 0.00000208. The minimum atomic E-state index is -4.47. The number of benzene rings is 1. The molecule has 9 heteroatoms. The normalized spacial score (nSPS) is 11.4. The number of nitrogens with one attached hydrogen (secondary N) is 1. The number of anilines is 1. The first-order valence-electron chi connectivity index (χ1n) is 6.81. The minimum absolute atomic E-state index is 0. The van der Waals surface area contributed by atoms with Gasteiger partial charge in [-0.3, -0.25) is 0 Å². The van der Waals surface area contributed by atoms with E-state index in [1.54, 1.807) is 6.92 Å². The van der Waals surface area contributed by atoms with Crippen LogP contribution >= 0.6 is 0 Å². The average molecular weight is 409 g/mol. The molecular weight excluding hydrogens is 396 g/mol. The topological polar surface area (TPSA) is 55.1 Å². The number of fused-ring (bicyclic) bond motifs is 1. The Labute approximate surface area is 161 Å². The number of nitrogens with zero attached hydrogens (tertiary/aromatic N) is 4. The number of hydrogen-bond donors (Lipinski definition) is 1. The van der Waals surface area contributed by atoms with Crippen molar-refractivity contribution in [1.82, 2.24) is 19.6 Å². The van der Waals surface area contributed by atoms with Gasteiger partial charge in [0.15, 0.2) is 0 Å². The molecule has 1 aromatic carbocycles. The third kappa shape index (κ3) is 3.75. The zero-order valence-electron chi connectivity index (χ0n) is 13.0. The molecule has 5 nitrogen and oxygen atoms in total. The second kappa shape index (κ2) is 7.15. The van der Waals surface area contributed by atoms with Crippen molar-refractivity contribution in [3.8, 4) is 11.1 Å². The SMILES string of the molecule is Cc1ccccc1-c1c(C)nc2ncnn2c1N[CH-]C(F)(F)F.[Y]. The van der Waals surface area contributed by atoms with Crippen molar-refractivity contribution in [3.63, 3.8) is 0 Å². The quantitative estimate of drug-likeness (QED) is 0.673. The smallest absolute Gasteiger partial charge is 0.286 e. The molecule has 1 radical (unpaired) electrons. The molecule has 3 aromatic rings. The predicted octanol–water partition coefficient (Wildman–Crippen LogP) is 3.54. The van der Waals surface area contributed by atoms with E-state index in [9.17, 15) is 13.2 Å². The molecule has 0 aliphatic rings. The molecule has 3 rings (SSSR count). The zero-order valence-corrected chi connectivity index (χ0v) is 15.8. The van der Waals surface area contributed by atoms with E-state index in [2.05, 4.69) is 20.4 Å². The third-order valence-corrected chi connectivity index (χ3v) is 3.39. The molecule has 2 aromatic heterocycles. The number of halogens is 3. The summed E-state index contributed by atoms with van der Waals surface area (Å²) in [6.45, 7) is 3.69. The molecule has 0 aliphatic heterocycles. The Kier molecular flexibility index (Phi) is 5.60. The fraction of sp³-hybridized carbons (Fsp3) is 0.200. The van der Waals surface area contributed by atoms with Gasteiger partial charge in [-0.05, 0) is 25.0 Å². The molecule has 0 fully saturated rings. The van der Waals surface area contributed by atoms with Crippen LogP contribution in [0, 0.1) is 20.4 Å². The molecule has 0 bridgehead atoms. The van der Waals surface area contributed by atoms with Gasteiger partial charge < -0.3 is 5.32 Å². The number of aryl methyl sites for hydroxylation is 2. The van der Waals surface area contributed by atoms with Crippen LogP contribution in [-0.4, -0.2) is 25.8 Å². The fourth-order valence-electron chi connectivity index (χ4n) is 2.41. The van der Waals surface area contributed by atoms with E-state index in [0.717, 1.165) is 11.1 Å². The van der Waals surface area contributed by atoms with Crippen LogP contribution in [-0.2, 0) is 32.7 Å². The number of rotatable bonds is 3. The molecule has 0 amide bonds. The number of hydrogen-bond acceptors (Lipinski definition) is 4. The van der Waals surface area contributed by atoms with Crippen molar-refractivity contribution >= 4 is 11.6 Å². The van der Waals surface area contributed by atoms with Gasteiger partial charge in [-0.1, -0.05) is 24.3 Å². The summed E-state index contributed by atoms with van der Waals surface area (Å²) in [5.74, 6) is 0.412. The zero-order chi connectivity index (χ0) is 16.6. The van der Waals surface area contributed by atoms with Crippen molar-refractivity contribution < 1.29 is 45.9 Å². The summed E-state index contributed by atoms with van der Waals surface area (Å²) in [6, 6.07) is 7.41. The molecule has 0 unspecified atom stereocenters. The van der Waals surface area contributed by atoms with Crippen molar-refractivity contribution in [2.75, 3.05) is 5.32 Å². The van der Waals surface area contributed by atoms with Gasteiger partial charge in [0.2, 0.25) is 0 Å². The summed E-state index contributed by atoms with van der Waals surface area (Å²) in [5, 5.41) is 6.29. The average Bonchev–Trinajstić information content (AvgIpc) is 2.92. The van der Waals surface area contributed by atoms with Crippen molar-refractivity contribution in [2.24, 2.45) is 0 Å². The van der Waals surface area contributed by atoms with Crippen LogP contribution in [0.25, 0.3) is 16.9 Å². The molecule has 123 valence electrons. The maximum absolute atomic E-state index is 12.6. The standard InChI is InChI=1S/C15H13F3N5.Y/c1-9-5-3-4-6-11(9)12-10(2)22-14-20-8-21-23(14)13(12)19-7-15(16,17)18;/h3-8,19H,1-2H3;/q-1;. The van der Waals surface area contributed by atoms with Crippen LogP contribution in [0.1, 0.15) is 11.3 Å². The Hall–Kier alpha value is -1.54. The Morgan fingerprint density at radius 2 is 1.88 bits per heavy atom. The van der Waals surface area contributed by atoms with Gasteiger partial charge in [0.25, 0.3) is 12.0 Å². The first-order valence-corrected chi connectivity index (χ1v) is 6.81. The van der Waals surface area contributed by atoms with Gasteiger partial charge in [0, 0.05) is 38.3 Å². The van der Waals surface area contributed by atoms with Gasteiger partial charge >= 0.3 is 0 Å². The molecule has 24 heavy (non-hydrogen) atoms. The van der Waals surface area contributed by atoms with E-state index < -0.39 is 6.18 Å². The first-order chi connectivity index (χ1) is 10.9. The van der Waals surface area contributed by atoms with Gasteiger partial charge in [0.1, 0.15) is 12.1 Å². The summed E-state index contributed by atoms with van der Waals surface area (Å²) in [5.41, 5.74) is 2.83. The predicted molar refractivity (Wildman–Crippen MR) is 79.7 cm³/mol. The molecule has 0 aliphatic carbocycles. The molecule has 0 saturated carbocycles. The minimum Gasteiger partial charge on any atom is -0.511 e. The summed E-state index contributed by atoms with van der Waals surface area (Å²) in [7, 11) is 0. The van der Waals surface area contributed by atoms with Gasteiger partial charge in [0.05, 0.1) is 5.69 Å². The molecular formula is C15H13F3N5Y-. The fourth-order valence-corrected chi connectivity index (χ4v) is 2.41. The van der Waals surface area contributed by atoms with Gasteiger partial charge in [-0.2, -0.15) is 14.6 Å². The van der Waals surface area contributed by atoms with E-state index in [4.69, 9.17) is 0 Å². The summed E-state index contributed by atoms with van der Waals surface area (Å²) in [6.07, 6.45) is -3.21. The second-order valence-corrected chi connectivity index (χ2v) is 5.04. The van der Waals surface area contributed by atoms with Gasteiger partial charge in [-0.25, -0.2) is 18.2 Å². The van der Waals surface area contributed by atoms with Crippen molar-refractivity contribution in [1.29, 1.82) is 0 Å². The number of aromatic nitrogens is 4. The first kappa shape index (κ1) is 18.8. The Morgan fingerprint density at radius 1 is 1.17 bits per heavy atom.